The van der Waals surface area contributed by atoms with E-state index in [-0.39, 0.29) is 11.6 Å². The monoisotopic (exact) mass is 383 g/mol. The van der Waals surface area contributed by atoms with Crippen molar-refractivity contribution in [3.8, 4) is 0 Å². The molecule has 1 aliphatic heterocycles. The lowest BCUT2D eigenvalue weighted by Crippen LogP contribution is -2.47. The molecule has 2 rings (SSSR count). The van der Waals surface area contributed by atoms with Crippen LogP contribution < -0.4 is 0 Å². The van der Waals surface area contributed by atoms with Gasteiger partial charge in [-0.25, -0.2) is 4.79 Å². The van der Waals surface area contributed by atoms with Crippen LogP contribution in [-0.4, -0.2) is 22.6 Å². The molecule has 2 atom stereocenters. The number of rotatable bonds is 2. The highest BCUT2D eigenvalue weighted by molar-refractivity contribution is 5.72. The minimum atomic E-state index is -4.95. The van der Waals surface area contributed by atoms with Gasteiger partial charge in [0.25, 0.3) is 0 Å². The molecular formula is C17H19F6NO2. The van der Waals surface area contributed by atoms with Gasteiger partial charge in [0.1, 0.15) is 6.10 Å². The summed E-state index contributed by atoms with van der Waals surface area (Å²) in [6.45, 7) is 6.84. The van der Waals surface area contributed by atoms with E-state index in [1.54, 1.807) is 27.7 Å². The summed E-state index contributed by atoms with van der Waals surface area (Å²) in [5.41, 5.74) is -3.87. The second kappa shape index (κ2) is 6.35. The Morgan fingerprint density at radius 1 is 0.962 bits per heavy atom. The number of amides is 1. The van der Waals surface area contributed by atoms with Gasteiger partial charge in [-0.3, -0.25) is 4.90 Å². The lowest BCUT2D eigenvalue weighted by atomic mass is 9.93. The van der Waals surface area contributed by atoms with E-state index in [0.717, 1.165) is 0 Å². The quantitative estimate of drug-likeness (QED) is 0.605. The normalized spacial score (nSPS) is 21.9. The summed E-state index contributed by atoms with van der Waals surface area (Å²) in [7, 11) is 0. The zero-order valence-corrected chi connectivity index (χ0v) is 14.6. The number of carbonyl (C=O) groups excluding carboxylic acids is 1. The summed E-state index contributed by atoms with van der Waals surface area (Å²) in [5.74, 6) is 0. The van der Waals surface area contributed by atoms with Crippen LogP contribution in [0, 0.1) is 0 Å². The molecule has 1 aromatic carbocycles. The highest BCUT2D eigenvalue weighted by atomic mass is 19.4. The van der Waals surface area contributed by atoms with Gasteiger partial charge in [0.05, 0.1) is 17.2 Å². The van der Waals surface area contributed by atoms with Crippen LogP contribution in [0.1, 0.15) is 56.9 Å². The SMILES string of the molecule is CC[C@@H]1[C@@H](c2cc(C(F)(F)F)cc(C(F)(F)F)c2)OC(=O)N1C(C)(C)C. The van der Waals surface area contributed by atoms with Crippen LogP contribution in [-0.2, 0) is 17.1 Å². The second-order valence-corrected chi connectivity index (χ2v) is 7.16. The lowest BCUT2D eigenvalue weighted by molar-refractivity contribution is -0.143. The molecule has 1 fully saturated rings. The topological polar surface area (TPSA) is 29.5 Å². The van der Waals surface area contributed by atoms with E-state index in [4.69, 9.17) is 4.74 Å². The third-order valence-electron chi connectivity index (χ3n) is 4.19. The molecule has 26 heavy (non-hydrogen) atoms. The third-order valence-corrected chi connectivity index (χ3v) is 4.19. The lowest BCUT2D eigenvalue weighted by Gasteiger charge is -2.35. The van der Waals surface area contributed by atoms with Crippen LogP contribution >= 0.6 is 0 Å². The first kappa shape index (κ1) is 20.4. The number of carbonyl (C=O) groups is 1. The number of cyclic esters (lactones) is 1. The minimum Gasteiger partial charge on any atom is -0.439 e. The average Bonchev–Trinajstić information content (AvgIpc) is 2.81. The maximum atomic E-state index is 13.1. The van der Waals surface area contributed by atoms with Gasteiger partial charge in [-0.05, 0) is 51.0 Å². The molecule has 0 unspecified atom stereocenters. The third kappa shape index (κ3) is 3.91. The molecule has 0 aliphatic carbocycles. The molecular weight excluding hydrogens is 364 g/mol. The summed E-state index contributed by atoms with van der Waals surface area (Å²) in [6.07, 6.45) is -11.6. The first-order valence-electron chi connectivity index (χ1n) is 7.95. The van der Waals surface area contributed by atoms with Crippen molar-refractivity contribution in [2.75, 3.05) is 0 Å². The van der Waals surface area contributed by atoms with Crippen LogP contribution in [0.15, 0.2) is 18.2 Å². The molecule has 146 valence electrons. The van der Waals surface area contributed by atoms with Gasteiger partial charge in [-0.15, -0.1) is 0 Å². The van der Waals surface area contributed by atoms with Gasteiger partial charge in [0, 0.05) is 5.54 Å². The van der Waals surface area contributed by atoms with Crippen molar-refractivity contribution in [1.82, 2.24) is 4.90 Å². The van der Waals surface area contributed by atoms with E-state index in [0.29, 0.717) is 18.6 Å². The van der Waals surface area contributed by atoms with Crippen molar-refractivity contribution < 1.29 is 35.9 Å². The Kier molecular flexibility index (Phi) is 4.98. The fourth-order valence-corrected chi connectivity index (χ4v) is 3.12. The molecule has 1 aromatic rings. The molecule has 1 heterocycles. The van der Waals surface area contributed by atoms with Gasteiger partial charge >= 0.3 is 18.4 Å². The summed E-state index contributed by atoms with van der Waals surface area (Å²) in [6, 6.07) is 0.610. The van der Waals surface area contributed by atoms with Gasteiger partial charge < -0.3 is 4.74 Å². The van der Waals surface area contributed by atoms with Crippen LogP contribution in [0.25, 0.3) is 0 Å². The Morgan fingerprint density at radius 3 is 1.77 bits per heavy atom. The second-order valence-electron chi connectivity index (χ2n) is 7.16. The molecule has 0 saturated carbocycles. The molecule has 1 amide bonds. The number of hydrogen-bond donors (Lipinski definition) is 0. The van der Waals surface area contributed by atoms with Crippen molar-refractivity contribution in [1.29, 1.82) is 0 Å². The zero-order chi connectivity index (χ0) is 20.1. The Balaban J connectivity index is 2.58. The number of hydrogen-bond acceptors (Lipinski definition) is 2. The molecule has 3 nitrogen and oxygen atoms in total. The van der Waals surface area contributed by atoms with E-state index in [1.165, 1.54) is 4.90 Å². The Hall–Kier alpha value is -1.93. The number of halogens is 6. The molecule has 0 aromatic heterocycles. The Labute approximate surface area is 146 Å². The van der Waals surface area contributed by atoms with Crippen molar-refractivity contribution in [3.63, 3.8) is 0 Å². The Morgan fingerprint density at radius 2 is 1.42 bits per heavy atom. The van der Waals surface area contributed by atoms with E-state index >= 15 is 0 Å². The molecule has 0 N–H and O–H groups in total. The number of ether oxygens (including phenoxy) is 1. The molecule has 0 radical (unpaired) electrons. The molecule has 1 saturated heterocycles. The van der Waals surface area contributed by atoms with Crippen molar-refractivity contribution in [2.45, 2.75) is 64.2 Å². The van der Waals surface area contributed by atoms with Gasteiger partial charge in [-0.1, -0.05) is 6.92 Å². The summed E-state index contributed by atoms with van der Waals surface area (Å²) in [5, 5.41) is 0. The number of benzene rings is 1. The van der Waals surface area contributed by atoms with E-state index in [9.17, 15) is 31.1 Å². The van der Waals surface area contributed by atoms with Gasteiger partial charge in [0.2, 0.25) is 0 Å². The maximum absolute atomic E-state index is 13.1. The van der Waals surface area contributed by atoms with Crippen molar-refractivity contribution in [3.05, 3.63) is 34.9 Å². The predicted octanol–water partition coefficient (Wildman–Crippen LogP) is 5.79. The molecule has 9 heteroatoms. The molecule has 1 aliphatic rings. The van der Waals surface area contributed by atoms with Crippen molar-refractivity contribution in [2.24, 2.45) is 0 Å². The zero-order valence-electron chi connectivity index (χ0n) is 14.6. The summed E-state index contributed by atoms with van der Waals surface area (Å²) >= 11 is 0. The summed E-state index contributed by atoms with van der Waals surface area (Å²) in [4.78, 5) is 13.5. The van der Waals surface area contributed by atoms with E-state index in [1.807, 2.05) is 0 Å². The number of nitrogens with zero attached hydrogens (tertiary/aromatic N) is 1. The average molecular weight is 383 g/mol. The highest BCUT2D eigenvalue weighted by Crippen LogP contribution is 2.42. The smallest absolute Gasteiger partial charge is 0.416 e. The fraction of sp³-hybridized carbons (Fsp3) is 0.588. The van der Waals surface area contributed by atoms with E-state index in [2.05, 4.69) is 0 Å². The highest BCUT2D eigenvalue weighted by Gasteiger charge is 2.47. The fourth-order valence-electron chi connectivity index (χ4n) is 3.12. The largest absolute Gasteiger partial charge is 0.439 e. The van der Waals surface area contributed by atoms with Crippen LogP contribution in [0.5, 0.6) is 0 Å². The van der Waals surface area contributed by atoms with Gasteiger partial charge in [0.15, 0.2) is 0 Å². The first-order chi connectivity index (χ1) is 11.7. The van der Waals surface area contributed by atoms with Crippen LogP contribution in [0.4, 0.5) is 31.1 Å². The first-order valence-corrected chi connectivity index (χ1v) is 7.95. The van der Waals surface area contributed by atoms with Crippen LogP contribution in [0.2, 0.25) is 0 Å². The summed E-state index contributed by atoms with van der Waals surface area (Å²) < 4.78 is 83.5. The van der Waals surface area contributed by atoms with E-state index < -0.39 is 47.3 Å². The van der Waals surface area contributed by atoms with Crippen molar-refractivity contribution >= 4 is 6.09 Å². The number of alkyl halides is 6. The predicted molar refractivity (Wildman–Crippen MR) is 81.3 cm³/mol. The molecule has 0 bridgehead atoms. The molecule has 0 spiro atoms. The standard InChI is InChI=1S/C17H19F6NO2/c1-5-12-13(26-14(25)24(12)15(2,3)4)9-6-10(16(18,19)20)8-11(7-9)17(21,22)23/h6-8,12-13H,5H2,1-4H3/t12-,13-/m1/s1. The minimum absolute atomic E-state index is 0.0583. The van der Waals surface area contributed by atoms with Gasteiger partial charge in [-0.2, -0.15) is 26.3 Å². The van der Waals surface area contributed by atoms with Crippen LogP contribution in [0.3, 0.4) is 0 Å². The maximum Gasteiger partial charge on any atom is 0.416 e. The Bertz CT molecular complexity index is 658.